The first-order valence-electron chi connectivity index (χ1n) is 6.37. The molecule has 1 aromatic carbocycles. The fourth-order valence-corrected chi connectivity index (χ4v) is 1.63. The topological polar surface area (TPSA) is 77.6 Å². The van der Waals surface area contributed by atoms with Gasteiger partial charge in [-0.3, -0.25) is 0 Å². The summed E-state index contributed by atoms with van der Waals surface area (Å²) in [6.07, 6.45) is 0. The second-order valence-electron chi connectivity index (χ2n) is 4.64. The lowest BCUT2D eigenvalue weighted by molar-refractivity contribution is 0.265. The van der Waals surface area contributed by atoms with Crippen molar-refractivity contribution in [1.82, 2.24) is 10.1 Å². The highest BCUT2D eigenvalue weighted by molar-refractivity contribution is 5.42. The zero-order valence-corrected chi connectivity index (χ0v) is 11.8. The third-order valence-electron chi connectivity index (χ3n) is 2.75. The van der Waals surface area contributed by atoms with Crippen LogP contribution in [0.1, 0.15) is 37.0 Å². The van der Waals surface area contributed by atoms with Crippen molar-refractivity contribution in [2.75, 3.05) is 7.11 Å². The largest absolute Gasteiger partial charge is 0.493 e. The molecule has 0 bridgehead atoms. The molecule has 6 heteroatoms. The lowest BCUT2D eigenvalue weighted by atomic mass is 10.2. The number of aliphatic hydroxyl groups excluding tert-OH is 1. The molecule has 1 heterocycles. The Bertz CT molecular complexity index is 566. The molecule has 0 aliphatic carbocycles. The quantitative estimate of drug-likeness (QED) is 0.873. The molecular formula is C14H18N2O4. The minimum Gasteiger partial charge on any atom is -0.493 e. The van der Waals surface area contributed by atoms with E-state index in [4.69, 9.17) is 19.1 Å². The number of hydrogen-bond donors (Lipinski definition) is 1. The van der Waals surface area contributed by atoms with Crippen LogP contribution >= 0.6 is 0 Å². The van der Waals surface area contributed by atoms with Gasteiger partial charge in [-0.1, -0.05) is 25.1 Å². The molecular weight excluding hydrogens is 260 g/mol. The van der Waals surface area contributed by atoms with Crippen molar-refractivity contribution in [3.8, 4) is 11.5 Å². The van der Waals surface area contributed by atoms with Crippen LogP contribution in [0.3, 0.4) is 0 Å². The van der Waals surface area contributed by atoms with Crippen LogP contribution in [0.2, 0.25) is 0 Å². The number of benzene rings is 1. The highest BCUT2D eigenvalue weighted by Crippen LogP contribution is 2.28. The van der Waals surface area contributed by atoms with Gasteiger partial charge >= 0.3 is 0 Å². The van der Waals surface area contributed by atoms with E-state index in [0.717, 1.165) is 5.56 Å². The molecule has 1 aromatic heterocycles. The predicted molar refractivity (Wildman–Crippen MR) is 71.6 cm³/mol. The van der Waals surface area contributed by atoms with Gasteiger partial charge in [-0.05, 0) is 17.7 Å². The fraction of sp³-hybridized carbons (Fsp3) is 0.429. The van der Waals surface area contributed by atoms with E-state index in [1.165, 1.54) is 0 Å². The molecule has 0 atom stereocenters. The van der Waals surface area contributed by atoms with E-state index in [1.807, 2.05) is 13.8 Å². The van der Waals surface area contributed by atoms with Gasteiger partial charge < -0.3 is 19.1 Å². The monoisotopic (exact) mass is 278 g/mol. The number of aromatic nitrogens is 2. The summed E-state index contributed by atoms with van der Waals surface area (Å²) in [6.45, 7) is 4.12. The van der Waals surface area contributed by atoms with Crippen LogP contribution in [0.4, 0.5) is 0 Å². The molecule has 2 aromatic rings. The number of ether oxygens (including phenoxy) is 2. The molecule has 0 aliphatic rings. The molecule has 0 saturated heterocycles. The molecule has 0 aliphatic heterocycles. The van der Waals surface area contributed by atoms with Crippen LogP contribution < -0.4 is 9.47 Å². The van der Waals surface area contributed by atoms with Crippen molar-refractivity contribution < 1.29 is 19.1 Å². The van der Waals surface area contributed by atoms with E-state index in [9.17, 15) is 0 Å². The van der Waals surface area contributed by atoms with Gasteiger partial charge in [-0.25, -0.2) is 0 Å². The van der Waals surface area contributed by atoms with Crippen LogP contribution in [0.5, 0.6) is 11.5 Å². The molecule has 0 radical (unpaired) electrons. The maximum Gasteiger partial charge on any atom is 0.229 e. The summed E-state index contributed by atoms with van der Waals surface area (Å²) < 4.78 is 15.9. The second-order valence-corrected chi connectivity index (χ2v) is 4.64. The predicted octanol–water partition coefficient (Wildman–Crippen LogP) is 2.27. The Morgan fingerprint density at radius 1 is 1.30 bits per heavy atom. The van der Waals surface area contributed by atoms with Gasteiger partial charge in [0.2, 0.25) is 11.7 Å². The van der Waals surface area contributed by atoms with E-state index in [-0.39, 0.29) is 19.1 Å². The standard InChI is InChI=1S/C14H18N2O4/c1-9(2)14-15-13(16-20-14)8-19-11-5-4-10(7-17)6-12(11)18-3/h4-6,9,17H,7-8H2,1-3H3. The Kier molecular flexibility index (Phi) is 4.57. The van der Waals surface area contributed by atoms with Gasteiger partial charge in [0.25, 0.3) is 0 Å². The Hall–Kier alpha value is -2.08. The van der Waals surface area contributed by atoms with Gasteiger partial charge in [0.1, 0.15) is 0 Å². The maximum atomic E-state index is 9.08. The molecule has 0 amide bonds. The zero-order chi connectivity index (χ0) is 14.5. The van der Waals surface area contributed by atoms with Crippen molar-refractivity contribution in [3.05, 3.63) is 35.5 Å². The lowest BCUT2D eigenvalue weighted by Crippen LogP contribution is -2.00. The summed E-state index contributed by atoms with van der Waals surface area (Å²) >= 11 is 0. The number of aliphatic hydroxyl groups is 1. The number of methoxy groups -OCH3 is 1. The Morgan fingerprint density at radius 3 is 2.70 bits per heavy atom. The van der Waals surface area contributed by atoms with Gasteiger partial charge in [0.05, 0.1) is 13.7 Å². The third-order valence-corrected chi connectivity index (χ3v) is 2.75. The zero-order valence-electron chi connectivity index (χ0n) is 11.8. The van der Waals surface area contributed by atoms with Crippen LogP contribution in [0.15, 0.2) is 22.7 Å². The van der Waals surface area contributed by atoms with E-state index in [1.54, 1.807) is 25.3 Å². The average molecular weight is 278 g/mol. The van der Waals surface area contributed by atoms with Crippen LogP contribution in [0.25, 0.3) is 0 Å². The van der Waals surface area contributed by atoms with Gasteiger partial charge in [-0.15, -0.1) is 0 Å². The molecule has 0 spiro atoms. The molecule has 1 N–H and O–H groups in total. The van der Waals surface area contributed by atoms with E-state index in [0.29, 0.717) is 23.2 Å². The Balaban J connectivity index is 2.06. The van der Waals surface area contributed by atoms with Crippen molar-refractivity contribution in [3.63, 3.8) is 0 Å². The summed E-state index contributed by atoms with van der Waals surface area (Å²) in [5.74, 6) is 2.40. The van der Waals surface area contributed by atoms with Crippen molar-refractivity contribution >= 4 is 0 Å². The molecule has 0 fully saturated rings. The van der Waals surface area contributed by atoms with Gasteiger partial charge in [0, 0.05) is 5.92 Å². The number of rotatable bonds is 6. The Labute approximate surface area is 117 Å². The maximum absolute atomic E-state index is 9.08. The van der Waals surface area contributed by atoms with Crippen molar-refractivity contribution in [1.29, 1.82) is 0 Å². The molecule has 108 valence electrons. The third kappa shape index (κ3) is 3.27. The molecule has 20 heavy (non-hydrogen) atoms. The summed E-state index contributed by atoms with van der Waals surface area (Å²) in [6, 6.07) is 5.24. The molecule has 0 unspecified atom stereocenters. The van der Waals surface area contributed by atoms with Gasteiger partial charge in [-0.2, -0.15) is 4.98 Å². The van der Waals surface area contributed by atoms with E-state index < -0.39 is 0 Å². The summed E-state index contributed by atoms with van der Waals surface area (Å²) in [5.41, 5.74) is 0.760. The first kappa shape index (κ1) is 14.3. The smallest absolute Gasteiger partial charge is 0.229 e. The molecule has 6 nitrogen and oxygen atoms in total. The van der Waals surface area contributed by atoms with Crippen LogP contribution in [0, 0.1) is 0 Å². The normalized spacial score (nSPS) is 10.8. The molecule has 0 saturated carbocycles. The molecule has 2 rings (SSSR count). The number of nitrogens with zero attached hydrogens (tertiary/aromatic N) is 2. The summed E-state index contributed by atoms with van der Waals surface area (Å²) in [5, 5.41) is 12.9. The SMILES string of the molecule is COc1cc(CO)ccc1OCc1noc(C(C)C)n1. The first-order chi connectivity index (χ1) is 9.63. The van der Waals surface area contributed by atoms with Crippen molar-refractivity contribution in [2.45, 2.75) is 33.0 Å². The van der Waals surface area contributed by atoms with Crippen LogP contribution in [-0.4, -0.2) is 22.4 Å². The van der Waals surface area contributed by atoms with E-state index in [2.05, 4.69) is 10.1 Å². The number of hydrogen-bond acceptors (Lipinski definition) is 6. The Morgan fingerprint density at radius 2 is 2.10 bits per heavy atom. The lowest BCUT2D eigenvalue weighted by Gasteiger charge is -2.10. The minimum atomic E-state index is -0.0424. The average Bonchev–Trinajstić information content (AvgIpc) is 2.94. The van der Waals surface area contributed by atoms with Crippen LogP contribution in [-0.2, 0) is 13.2 Å². The first-order valence-corrected chi connectivity index (χ1v) is 6.37. The second kappa shape index (κ2) is 6.38. The van der Waals surface area contributed by atoms with Gasteiger partial charge in [0.15, 0.2) is 18.1 Å². The van der Waals surface area contributed by atoms with Crippen molar-refractivity contribution in [2.24, 2.45) is 0 Å². The summed E-state index contributed by atoms with van der Waals surface area (Å²) in [7, 11) is 1.55. The highest BCUT2D eigenvalue weighted by atomic mass is 16.5. The minimum absolute atomic E-state index is 0.0424. The summed E-state index contributed by atoms with van der Waals surface area (Å²) in [4.78, 5) is 4.23. The van der Waals surface area contributed by atoms with E-state index >= 15 is 0 Å². The fourth-order valence-electron chi connectivity index (χ4n) is 1.63. The highest BCUT2D eigenvalue weighted by Gasteiger charge is 2.11.